The van der Waals surface area contributed by atoms with E-state index in [1.54, 1.807) is 0 Å². The highest BCUT2D eigenvalue weighted by atomic mass is 35.5. The van der Waals surface area contributed by atoms with Gasteiger partial charge in [0.15, 0.2) is 0 Å². The molecule has 78 valence electrons. The Kier molecular flexibility index (Phi) is 6.26. The van der Waals surface area contributed by atoms with Gasteiger partial charge in [-0.15, -0.1) is 11.6 Å². The second-order valence-corrected chi connectivity index (χ2v) is 5.25. The molecule has 1 aliphatic rings. The van der Waals surface area contributed by atoms with Gasteiger partial charge in [0.1, 0.15) is 0 Å². The van der Waals surface area contributed by atoms with Crippen molar-refractivity contribution in [3.8, 4) is 0 Å². The van der Waals surface area contributed by atoms with Crippen molar-refractivity contribution >= 4 is 23.4 Å². The van der Waals surface area contributed by atoms with Crippen molar-refractivity contribution in [3.05, 3.63) is 0 Å². The van der Waals surface area contributed by atoms with Gasteiger partial charge in [-0.2, -0.15) is 11.8 Å². The zero-order chi connectivity index (χ0) is 9.52. The van der Waals surface area contributed by atoms with Crippen LogP contribution < -0.4 is 5.32 Å². The van der Waals surface area contributed by atoms with Crippen LogP contribution >= 0.6 is 23.4 Å². The topological polar surface area (TPSA) is 12.0 Å². The Bertz CT molecular complexity index is 132. The average molecular weight is 222 g/mol. The molecule has 0 saturated heterocycles. The van der Waals surface area contributed by atoms with Crippen LogP contribution in [0.4, 0.5) is 0 Å². The quantitative estimate of drug-likeness (QED) is 0.566. The lowest BCUT2D eigenvalue weighted by atomic mass is 9.95. The second-order valence-electron chi connectivity index (χ2n) is 3.71. The molecule has 0 aromatic rings. The molecule has 0 aromatic heterocycles. The van der Waals surface area contributed by atoms with Crippen molar-refractivity contribution in [2.45, 2.75) is 43.5 Å². The molecule has 0 heterocycles. The second kappa shape index (κ2) is 6.97. The first-order valence-electron chi connectivity index (χ1n) is 5.21. The number of thioether (sulfide) groups is 1. The van der Waals surface area contributed by atoms with Gasteiger partial charge in [-0.3, -0.25) is 0 Å². The summed E-state index contributed by atoms with van der Waals surface area (Å²) >= 11 is 8.14. The van der Waals surface area contributed by atoms with Crippen molar-refractivity contribution in [3.63, 3.8) is 0 Å². The van der Waals surface area contributed by atoms with Crippen LogP contribution in [0, 0.1) is 0 Å². The number of hydrogen-bond acceptors (Lipinski definition) is 2. The van der Waals surface area contributed by atoms with Crippen LogP contribution in [0.2, 0.25) is 0 Å². The average Bonchev–Trinajstić information content (AvgIpc) is 2.15. The Hall–Kier alpha value is 0.600. The van der Waals surface area contributed by atoms with Crippen molar-refractivity contribution in [2.75, 3.05) is 18.6 Å². The molecule has 1 fully saturated rings. The molecule has 2 atom stereocenters. The number of alkyl halides is 1. The molecular formula is C10H20ClNS. The summed E-state index contributed by atoms with van der Waals surface area (Å²) in [5.41, 5.74) is 0. The Balaban J connectivity index is 2.05. The fraction of sp³-hybridized carbons (Fsp3) is 1.00. The van der Waals surface area contributed by atoms with E-state index in [-0.39, 0.29) is 0 Å². The lowest BCUT2D eigenvalue weighted by molar-refractivity contribution is 0.381. The van der Waals surface area contributed by atoms with Crippen molar-refractivity contribution in [1.82, 2.24) is 5.32 Å². The lowest BCUT2D eigenvalue weighted by Gasteiger charge is -2.27. The monoisotopic (exact) mass is 221 g/mol. The summed E-state index contributed by atoms with van der Waals surface area (Å²) < 4.78 is 0. The van der Waals surface area contributed by atoms with E-state index < -0.39 is 0 Å². The highest BCUT2D eigenvalue weighted by Crippen LogP contribution is 2.22. The zero-order valence-corrected chi connectivity index (χ0v) is 9.96. The third-order valence-corrected chi connectivity index (χ3v) is 3.83. The molecule has 1 saturated carbocycles. The highest BCUT2D eigenvalue weighted by molar-refractivity contribution is 7.98. The Morgan fingerprint density at radius 2 is 2.15 bits per heavy atom. The van der Waals surface area contributed by atoms with Crippen LogP contribution in [0.15, 0.2) is 0 Å². The summed E-state index contributed by atoms with van der Waals surface area (Å²) in [4.78, 5) is 0. The van der Waals surface area contributed by atoms with Gasteiger partial charge >= 0.3 is 0 Å². The van der Waals surface area contributed by atoms with E-state index in [4.69, 9.17) is 11.6 Å². The van der Waals surface area contributed by atoms with E-state index in [9.17, 15) is 0 Å². The van der Waals surface area contributed by atoms with E-state index in [0.717, 1.165) is 6.54 Å². The summed E-state index contributed by atoms with van der Waals surface area (Å²) in [6.07, 6.45) is 8.56. The molecule has 3 heteroatoms. The van der Waals surface area contributed by atoms with Gasteiger partial charge in [0.2, 0.25) is 0 Å². The van der Waals surface area contributed by atoms with Gasteiger partial charge in [-0.1, -0.05) is 12.8 Å². The predicted molar refractivity (Wildman–Crippen MR) is 62.9 cm³/mol. The molecule has 0 amide bonds. The van der Waals surface area contributed by atoms with Gasteiger partial charge in [-0.05, 0) is 37.8 Å². The number of halogens is 1. The van der Waals surface area contributed by atoms with Crippen molar-refractivity contribution in [1.29, 1.82) is 0 Å². The number of nitrogens with one attached hydrogen (secondary N) is 1. The maximum Gasteiger partial charge on any atom is 0.0489 e. The Morgan fingerprint density at radius 1 is 1.38 bits per heavy atom. The largest absolute Gasteiger partial charge is 0.312 e. The van der Waals surface area contributed by atoms with Gasteiger partial charge in [0, 0.05) is 11.4 Å². The van der Waals surface area contributed by atoms with Crippen molar-refractivity contribution < 1.29 is 0 Å². The van der Waals surface area contributed by atoms with Crippen LogP contribution in [0.3, 0.4) is 0 Å². The fourth-order valence-corrected chi connectivity index (χ4v) is 2.62. The minimum atomic E-state index is 0.378. The van der Waals surface area contributed by atoms with Crippen LogP contribution in [-0.4, -0.2) is 30.0 Å². The van der Waals surface area contributed by atoms with E-state index >= 15 is 0 Å². The van der Waals surface area contributed by atoms with Gasteiger partial charge in [0.25, 0.3) is 0 Å². The van der Waals surface area contributed by atoms with Crippen LogP contribution in [-0.2, 0) is 0 Å². The van der Waals surface area contributed by atoms with Crippen LogP contribution in [0.1, 0.15) is 32.1 Å². The van der Waals surface area contributed by atoms with Crippen LogP contribution in [0.5, 0.6) is 0 Å². The molecule has 0 radical (unpaired) electrons. The van der Waals surface area contributed by atoms with Gasteiger partial charge in [0.05, 0.1) is 0 Å². The normalized spacial score (nSPS) is 29.1. The molecular weight excluding hydrogens is 202 g/mol. The first-order chi connectivity index (χ1) is 6.34. The molecule has 0 bridgehead atoms. The predicted octanol–water partition coefficient (Wildman–Crippen LogP) is 2.88. The molecule has 0 aromatic carbocycles. The third kappa shape index (κ3) is 4.57. The third-order valence-electron chi connectivity index (χ3n) is 2.61. The summed E-state index contributed by atoms with van der Waals surface area (Å²) in [5, 5.41) is 3.94. The molecule has 2 unspecified atom stereocenters. The highest BCUT2D eigenvalue weighted by Gasteiger charge is 2.21. The summed E-state index contributed by atoms with van der Waals surface area (Å²) in [5.74, 6) is 1.26. The van der Waals surface area contributed by atoms with E-state index in [1.165, 1.54) is 37.9 Å². The first-order valence-corrected chi connectivity index (χ1v) is 7.04. The summed E-state index contributed by atoms with van der Waals surface area (Å²) in [7, 11) is 0. The first kappa shape index (κ1) is 11.7. The molecule has 1 aliphatic carbocycles. The Labute approximate surface area is 91.0 Å². The molecule has 13 heavy (non-hydrogen) atoms. The van der Waals surface area contributed by atoms with Crippen molar-refractivity contribution in [2.24, 2.45) is 0 Å². The van der Waals surface area contributed by atoms with Gasteiger partial charge in [-0.25, -0.2) is 0 Å². The minimum absolute atomic E-state index is 0.378. The summed E-state index contributed by atoms with van der Waals surface area (Å²) in [6, 6.07) is 0.581. The lowest BCUT2D eigenvalue weighted by Crippen LogP contribution is -2.39. The number of rotatable bonds is 5. The molecule has 1 N–H and O–H groups in total. The zero-order valence-electron chi connectivity index (χ0n) is 8.39. The maximum atomic E-state index is 6.23. The standard InChI is InChI=1S/C10H20ClNS/c1-13-8-4-7-12-10-6-3-2-5-9(10)11/h9-10,12H,2-8H2,1H3. The van der Waals surface area contributed by atoms with E-state index in [2.05, 4.69) is 11.6 Å². The minimum Gasteiger partial charge on any atom is -0.312 e. The Morgan fingerprint density at radius 3 is 2.85 bits per heavy atom. The fourth-order valence-electron chi connectivity index (χ4n) is 1.82. The smallest absolute Gasteiger partial charge is 0.0489 e. The SMILES string of the molecule is CSCCCNC1CCCCC1Cl. The van der Waals surface area contributed by atoms with Crippen LogP contribution in [0.25, 0.3) is 0 Å². The molecule has 0 spiro atoms. The number of hydrogen-bond donors (Lipinski definition) is 1. The molecule has 1 nitrogen and oxygen atoms in total. The van der Waals surface area contributed by atoms with Gasteiger partial charge < -0.3 is 5.32 Å². The summed E-state index contributed by atoms with van der Waals surface area (Å²) in [6.45, 7) is 1.13. The molecule has 1 rings (SSSR count). The molecule has 0 aliphatic heterocycles. The van der Waals surface area contributed by atoms with E-state index in [1.807, 2.05) is 11.8 Å². The maximum absolute atomic E-state index is 6.23. The van der Waals surface area contributed by atoms with E-state index in [0.29, 0.717) is 11.4 Å².